The maximum Gasteiger partial charge on any atom is 0.0468 e. The zero-order valence-corrected chi connectivity index (χ0v) is 11.0. The molecule has 0 amide bonds. The number of rotatable bonds is 1. The first-order chi connectivity index (χ1) is 7.66. The summed E-state index contributed by atoms with van der Waals surface area (Å²) in [5.41, 5.74) is 0.987. The van der Waals surface area contributed by atoms with Crippen molar-refractivity contribution in [3.8, 4) is 0 Å². The molecule has 1 saturated heterocycles. The molecule has 0 radical (unpaired) electrons. The van der Waals surface area contributed by atoms with Crippen LogP contribution in [0.5, 0.6) is 0 Å². The number of hydrogen-bond acceptors (Lipinski definition) is 2. The molecule has 1 aromatic rings. The van der Waals surface area contributed by atoms with E-state index < -0.39 is 10.8 Å². The van der Waals surface area contributed by atoms with Crippen molar-refractivity contribution in [2.24, 2.45) is 0 Å². The molecule has 1 fully saturated rings. The number of benzene rings is 1. The Kier molecular flexibility index (Phi) is 4.25. The van der Waals surface area contributed by atoms with Gasteiger partial charge >= 0.3 is 0 Å². The molecule has 2 atom stereocenters. The van der Waals surface area contributed by atoms with Crippen LogP contribution in [0.15, 0.2) is 18.2 Å². The van der Waals surface area contributed by atoms with Gasteiger partial charge < -0.3 is 5.32 Å². The van der Waals surface area contributed by atoms with E-state index in [0.29, 0.717) is 15.8 Å². The molecule has 2 unspecified atom stereocenters. The van der Waals surface area contributed by atoms with Gasteiger partial charge in [0.25, 0.3) is 0 Å². The maximum atomic E-state index is 11.6. The summed E-state index contributed by atoms with van der Waals surface area (Å²) in [7, 11) is -0.756. The average molecular weight is 278 g/mol. The minimum atomic E-state index is -0.756. The van der Waals surface area contributed by atoms with Crippen LogP contribution in [0.4, 0.5) is 0 Å². The van der Waals surface area contributed by atoms with Crippen LogP contribution in [-0.4, -0.2) is 22.3 Å². The largest absolute Gasteiger partial charge is 0.309 e. The predicted octanol–water partition coefficient (Wildman–Crippen LogP) is 2.78. The predicted molar refractivity (Wildman–Crippen MR) is 69.7 cm³/mol. The highest BCUT2D eigenvalue weighted by Crippen LogP contribution is 2.27. The topological polar surface area (TPSA) is 29.1 Å². The molecule has 0 aromatic heterocycles. The van der Waals surface area contributed by atoms with Crippen molar-refractivity contribution in [3.63, 3.8) is 0 Å². The Morgan fingerprint density at radius 2 is 2.19 bits per heavy atom. The van der Waals surface area contributed by atoms with E-state index in [4.69, 9.17) is 23.2 Å². The van der Waals surface area contributed by atoms with Gasteiger partial charge in [0.05, 0.1) is 0 Å². The lowest BCUT2D eigenvalue weighted by atomic mass is 10.1. The van der Waals surface area contributed by atoms with Crippen LogP contribution in [0.2, 0.25) is 10.0 Å². The Balaban J connectivity index is 2.24. The summed E-state index contributed by atoms with van der Waals surface area (Å²) >= 11 is 12.0. The third kappa shape index (κ3) is 2.98. The molecule has 0 spiro atoms. The van der Waals surface area contributed by atoms with E-state index in [2.05, 4.69) is 5.32 Å². The molecule has 1 aromatic carbocycles. The van der Waals surface area contributed by atoms with Crippen molar-refractivity contribution < 1.29 is 4.21 Å². The quantitative estimate of drug-likeness (QED) is 0.855. The highest BCUT2D eigenvalue weighted by atomic mass is 35.5. The van der Waals surface area contributed by atoms with Crippen LogP contribution in [-0.2, 0) is 10.8 Å². The minimum Gasteiger partial charge on any atom is -0.309 e. The molecule has 0 bridgehead atoms. The molecule has 0 aliphatic carbocycles. The van der Waals surface area contributed by atoms with Gasteiger partial charge in [-0.05, 0) is 30.7 Å². The van der Waals surface area contributed by atoms with E-state index in [-0.39, 0.29) is 6.04 Å². The van der Waals surface area contributed by atoms with Gasteiger partial charge in [-0.3, -0.25) is 4.21 Å². The van der Waals surface area contributed by atoms with E-state index in [9.17, 15) is 4.21 Å². The van der Waals surface area contributed by atoms with Crippen LogP contribution in [0, 0.1) is 0 Å². The number of hydrogen-bond donors (Lipinski definition) is 1. The van der Waals surface area contributed by atoms with Crippen LogP contribution in [0.3, 0.4) is 0 Å². The highest BCUT2D eigenvalue weighted by Gasteiger charge is 2.19. The Morgan fingerprint density at radius 1 is 1.38 bits per heavy atom. The van der Waals surface area contributed by atoms with E-state index in [0.717, 1.165) is 24.3 Å². The Hall–Kier alpha value is -0.0900. The van der Waals surface area contributed by atoms with Crippen LogP contribution >= 0.6 is 23.2 Å². The molecule has 16 heavy (non-hydrogen) atoms. The molecular formula is C11H13Cl2NOS. The normalized spacial score (nSPS) is 26.4. The summed E-state index contributed by atoms with van der Waals surface area (Å²) in [6.07, 6.45) is 0.953. The van der Waals surface area contributed by atoms with Crippen LogP contribution < -0.4 is 5.32 Å². The summed E-state index contributed by atoms with van der Waals surface area (Å²) in [4.78, 5) is 0. The zero-order chi connectivity index (χ0) is 11.5. The molecular weight excluding hydrogens is 265 g/mol. The Bertz CT molecular complexity index is 411. The lowest BCUT2D eigenvalue weighted by Gasteiger charge is -2.17. The van der Waals surface area contributed by atoms with Gasteiger partial charge in [0.1, 0.15) is 0 Å². The summed E-state index contributed by atoms with van der Waals surface area (Å²) in [5, 5.41) is 4.64. The first kappa shape index (κ1) is 12.4. The van der Waals surface area contributed by atoms with Crippen molar-refractivity contribution in [3.05, 3.63) is 33.8 Å². The molecule has 1 aliphatic heterocycles. The molecule has 88 valence electrons. The van der Waals surface area contributed by atoms with Gasteiger partial charge in [0.15, 0.2) is 0 Å². The van der Waals surface area contributed by atoms with Crippen molar-refractivity contribution in [1.82, 2.24) is 5.32 Å². The Labute approximate surface area is 108 Å². The lowest BCUT2D eigenvalue weighted by Crippen LogP contribution is -2.24. The molecule has 0 saturated carbocycles. The van der Waals surface area contributed by atoms with Crippen molar-refractivity contribution >= 4 is 34.0 Å². The second-order valence-corrected chi connectivity index (χ2v) is 6.30. The van der Waals surface area contributed by atoms with Gasteiger partial charge in [-0.15, -0.1) is 0 Å². The molecule has 5 heteroatoms. The standard InChI is InChI=1S/C11H13Cl2NOS/c12-8-2-3-9(10(13)6-8)11-7-16(15)5-1-4-14-11/h2-3,6,11,14H,1,4-5,7H2. The summed E-state index contributed by atoms with van der Waals surface area (Å²) in [6, 6.07) is 5.53. The van der Waals surface area contributed by atoms with Gasteiger partial charge in [-0.25, -0.2) is 0 Å². The van der Waals surface area contributed by atoms with Crippen molar-refractivity contribution in [2.45, 2.75) is 12.5 Å². The third-order valence-electron chi connectivity index (χ3n) is 2.63. The van der Waals surface area contributed by atoms with Crippen LogP contribution in [0.25, 0.3) is 0 Å². The fourth-order valence-electron chi connectivity index (χ4n) is 1.82. The third-order valence-corrected chi connectivity index (χ3v) is 4.64. The van der Waals surface area contributed by atoms with E-state index in [1.807, 2.05) is 12.1 Å². The zero-order valence-electron chi connectivity index (χ0n) is 8.71. The van der Waals surface area contributed by atoms with E-state index >= 15 is 0 Å². The average Bonchev–Trinajstić information content (AvgIpc) is 2.43. The molecule has 2 rings (SSSR count). The monoisotopic (exact) mass is 277 g/mol. The summed E-state index contributed by atoms with van der Waals surface area (Å²) in [5.74, 6) is 1.40. The second kappa shape index (κ2) is 5.50. The first-order valence-electron chi connectivity index (χ1n) is 5.20. The maximum absolute atomic E-state index is 11.6. The van der Waals surface area contributed by atoms with E-state index in [1.165, 1.54) is 0 Å². The van der Waals surface area contributed by atoms with Gasteiger partial charge in [-0.2, -0.15) is 0 Å². The van der Waals surface area contributed by atoms with Crippen molar-refractivity contribution in [1.29, 1.82) is 0 Å². The molecule has 1 N–H and O–H groups in total. The van der Waals surface area contributed by atoms with Gasteiger partial charge in [0, 0.05) is 38.4 Å². The van der Waals surface area contributed by atoms with Crippen LogP contribution in [0.1, 0.15) is 18.0 Å². The fraction of sp³-hybridized carbons (Fsp3) is 0.455. The molecule has 1 heterocycles. The molecule has 1 aliphatic rings. The Morgan fingerprint density at radius 3 is 2.94 bits per heavy atom. The number of halogens is 2. The van der Waals surface area contributed by atoms with Crippen molar-refractivity contribution in [2.75, 3.05) is 18.1 Å². The lowest BCUT2D eigenvalue weighted by molar-refractivity contribution is 0.587. The summed E-state index contributed by atoms with van der Waals surface area (Å²) < 4.78 is 11.6. The second-order valence-electron chi connectivity index (χ2n) is 3.84. The first-order valence-corrected chi connectivity index (χ1v) is 7.44. The highest BCUT2D eigenvalue weighted by molar-refractivity contribution is 7.85. The van der Waals surface area contributed by atoms with Gasteiger partial charge in [-0.1, -0.05) is 29.3 Å². The summed E-state index contributed by atoms with van der Waals surface area (Å²) in [6.45, 7) is 0.884. The smallest absolute Gasteiger partial charge is 0.0468 e. The SMILES string of the molecule is O=S1CCCNC(c2ccc(Cl)cc2Cl)C1. The minimum absolute atomic E-state index is 0.0769. The van der Waals surface area contributed by atoms with Gasteiger partial charge in [0.2, 0.25) is 0 Å². The number of nitrogens with one attached hydrogen (secondary N) is 1. The molecule has 2 nitrogen and oxygen atoms in total. The van der Waals surface area contributed by atoms with E-state index in [1.54, 1.807) is 6.07 Å². The fourth-order valence-corrected chi connectivity index (χ4v) is 3.66.